The molecule has 200 valence electrons. The molecule has 4 rings (SSSR count). The SMILES string of the molecule is CCC[C@H]1Cc2cc(OC)c(OC)cc2C(c2ccc(N3CCN(C)CC3)cc2)=NC1CCC(=O)NC. The van der Waals surface area contributed by atoms with E-state index in [-0.39, 0.29) is 11.9 Å². The van der Waals surface area contributed by atoms with Crippen LogP contribution in [0.4, 0.5) is 5.69 Å². The number of methoxy groups -OCH3 is 2. The zero-order valence-electron chi connectivity index (χ0n) is 23.0. The van der Waals surface area contributed by atoms with Crippen molar-refractivity contribution >= 4 is 17.3 Å². The van der Waals surface area contributed by atoms with E-state index >= 15 is 0 Å². The van der Waals surface area contributed by atoms with Gasteiger partial charge in [-0.25, -0.2) is 0 Å². The van der Waals surface area contributed by atoms with Gasteiger partial charge >= 0.3 is 0 Å². The highest BCUT2D eigenvalue weighted by molar-refractivity contribution is 6.14. The molecule has 0 aromatic heterocycles. The van der Waals surface area contributed by atoms with Gasteiger partial charge in [-0.05, 0) is 62.1 Å². The molecule has 1 fully saturated rings. The molecule has 2 aromatic carbocycles. The molecule has 0 saturated carbocycles. The number of anilines is 1. The van der Waals surface area contributed by atoms with Gasteiger partial charge in [0, 0.05) is 56.5 Å². The third-order valence-electron chi connectivity index (χ3n) is 7.80. The van der Waals surface area contributed by atoms with Crippen LogP contribution >= 0.6 is 0 Å². The van der Waals surface area contributed by atoms with Crippen LogP contribution in [-0.4, -0.2) is 77.1 Å². The molecular formula is C30H42N4O3. The summed E-state index contributed by atoms with van der Waals surface area (Å²) < 4.78 is 11.3. The van der Waals surface area contributed by atoms with Crippen LogP contribution in [0.15, 0.2) is 41.4 Å². The number of nitrogens with zero attached hydrogens (tertiary/aromatic N) is 3. The van der Waals surface area contributed by atoms with Gasteiger partial charge in [0.2, 0.25) is 5.91 Å². The summed E-state index contributed by atoms with van der Waals surface area (Å²) in [6.07, 6.45) is 4.24. The lowest BCUT2D eigenvalue weighted by molar-refractivity contribution is -0.120. The Labute approximate surface area is 221 Å². The molecule has 2 aromatic rings. The fraction of sp³-hybridized carbons (Fsp3) is 0.533. The summed E-state index contributed by atoms with van der Waals surface area (Å²) in [7, 11) is 7.24. The molecule has 1 amide bonds. The molecule has 0 spiro atoms. The number of piperazine rings is 1. The summed E-state index contributed by atoms with van der Waals surface area (Å²) in [5.41, 5.74) is 5.63. The van der Waals surface area contributed by atoms with E-state index in [1.54, 1.807) is 21.3 Å². The molecule has 7 nitrogen and oxygen atoms in total. The molecule has 2 aliphatic rings. The zero-order chi connectivity index (χ0) is 26.4. The van der Waals surface area contributed by atoms with Crippen molar-refractivity contribution in [3.8, 4) is 11.5 Å². The molecule has 2 atom stereocenters. The molecule has 0 aliphatic carbocycles. The molecule has 0 radical (unpaired) electrons. The predicted molar refractivity (Wildman–Crippen MR) is 151 cm³/mol. The monoisotopic (exact) mass is 506 g/mol. The van der Waals surface area contributed by atoms with E-state index in [0.29, 0.717) is 18.1 Å². The van der Waals surface area contributed by atoms with Crippen molar-refractivity contribution in [2.24, 2.45) is 10.9 Å². The Bertz CT molecular complexity index is 1090. The number of benzene rings is 2. The summed E-state index contributed by atoms with van der Waals surface area (Å²) in [5, 5.41) is 2.77. The van der Waals surface area contributed by atoms with Crippen LogP contribution in [0, 0.1) is 5.92 Å². The molecule has 7 heteroatoms. The van der Waals surface area contributed by atoms with E-state index in [1.807, 2.05) is 0 Å². The van der Waals surface area contributed by atoms with Gasteiger partial charge in [0.15, 0.2) is 11.5 Å². The fourth-order valence-electron chi connectivity index (χ4n) is 5.56. The van der Waals surface area contributed by atoms with Crippen molar-refractivity contribution in [3.05, 3.63) is 53.1 Å². The lowest BCUT2D eigenvalue weighted by Crippen LogP contribution is -2.44. The first kappa shape index (κ1) is 27.0. The maximum absolute atomic E-state index is 12.1. The zero-order valence-corrected chi connectivity index (χ0v) is 23.0. The van der Waals surface area contributed by atoms with E-state index in [9.17, 15) is 4.79 Å². The van der Waals surface area contributed by atoms with Gasteiger partial charge in [0.25, 0.3) is 0 Å². The number of fused-ring (bicyclic) bond motifs is 1. The Hall–Kier alpha value is -3.06. The number of nitrogens with one attached hydrogen (secondary N) is 1. The molecule has 37 heavy (non-hydrogen) atoms. The van der Waals surface area contributed by atoms with E-state index in [1.165, 1.54) is 11.3 Å². The molecule has 0 bridgehead atoms. The Kier molecular flexibility index (Phi) is 9.09. The number of likely N-dealkylation sites (N-methyl/N-ethyl adjacent to an activating group) is 1. The highest BCUT2D eigenvalue weighted by Crippen LogP contribution is 2.37. The smallest absolute Gasteiger partial charge is 0.219 e. The highest BCUT2D eigenvalue weighted by Gasteiger charge is 2.29. The van der Waals surface area contributed by atoms with Gasteiger partial charge in [-0.1, -0.05) is 25.5 Å². The van der Waals surface area contributed by atoms with Gasteiger partial charge in [-0.2, -0.15) is 0 Å². The maximum atomic E-state index is 12.1. The van der Waals surface area contributed by atoms with Crippen molar-refractivity contribution in [1.29, 1.82) is 0 Å². The van der Waals surface area contributed by atoms with Crippen LogP contribution in [0.5, 0.6) is 11.5 Å². The van der Waals surface area contributed by atoms with Crippen molar-refractivity contribution in [1.82, 2.24) is 10.2 Å². The summed E-state index contributed by atoms with van der Waals surface area (Å²) in [5.74, 6) is 1.87. The molecule has 2 aliphatic heterocycles. The van der Waals surface area contributed by atoms with Crippen LogP contribution in [0.2, 0.25) is 0 Å². The number of amides is 1. The van der Waals surface area contributed by atoms with Gasteiger partial charge in [-0.3, -0.25) is 9.79 Å². The normalized spacial score (nSPS) is 20.0. The van der Waals surface area contributed by atoms with Crippen LogP contribution in [0.1, 0.15) is 49.3 Å². The number of carbonyl (C=O) groups excluding carboxylic acids is 1. The third-order valence-corrected chi connectivity index (χ3v) is 7.80. The van der Waals surface area contributed by atoms with E-state index in [4.69, 9.17) is 14.5 Å². The van der Waals surface area contributed by atoms with Crippen LogP contribution in [0.3, 0.4) is 0 Å². The Morgan fingerprint density at radius 3 is 2.32 bits per heavy atom. The number of aliphatic imine (C=N–C) groups is 1. The van der Waals surface area contributed by atoms with Crippen LogP contribution < -0.4 is 19.7 Å². The first-order valence-corrected chi connectivity index (χ1v) is 13.5. The fourth-order valence-corrected chi connectivity index (χ4v) is 5.56. The lowest BCUT2D eigenvalue weighted by Gasteiger charge is -2.34. The number of ether oxygens (including phenoxy) is 2. The Morgan fingerprint density at radius 1 is 1.03 bits per heavy atom. The summed E-state index contributed by atoms with van der Waals surface area (Å²) in [4.78, 5) is 22.4. The largest absolute Gasteiger partial charge is 0.493 e. The highest BCUT2D eigenvalue weighted by atomic mass is 16.5. The van der Waals surface area contributed by atoms with E-state index in [0.717, 1.165) is 74.5 Å². The van der Waals surface area contributed by atoms with Gasteiger partial charge in [0.05, 0.1) is 26.0 Å². The average Bonchev–Trinajstić information content (AvgIpc) is 3.07. The first-order chi connectivity index (χ1) is 18.0. The lowest BCUT2D eigenvalue weighted by atomic mass is 9.85. The second kappa shape index (κ2) is 12.5. The van der Waals surface area contributed by atoms with Gasteiger partial charge in [0.1, 0.15) is 0 Å². The molecule has 2 heterocycles. The molecule has 1 N–H and O–H groups in total. The Morgan fingerprint density at radius 2 is 1.70 bits per heavy atom. The van der Waals surface area contributed by atoms with E-state index < -0.39 is 0 Å². The van der Waals surface area contributed by atoms with Crippen molar-refractivity contribution < 1.29 is 14.3 Å². The molecular weight excluding hydrogens is 464 g/mol. The van der Waals surface area contributed by atoms with Gasteiger partial charge in [-0.15, -0.1) is 0 Å². The number of hydrogen-bond acceptors (Lipinski definition) is 6. The average molecular weight is 507 g/mol. The quantitative estimate of drug-likeness (QED) is 0.553. The van der Waals surface area contributed by atoms with Crippen LogP contribution in [0.25, 0.3) is 0 Å². The number of rotatable bonds is 9. The maximum Gasteiger partial charge on any atom is 0.219 e. The second-order valence-corrected chi connectivity index (χ2v) is 10.2. The predicted octanol–water partition coefficient (Wildman–Crippen LogP) is 4.16. The minimum Gasteiger partial charge on any atom is -0.493 e. The molecule has 1 unspecified atom stereocenters. The summed E-state index contributed by atoms with van der Waals surface area (Å²) in [6.45, 7) is 6.45. The second-order valence-electron chi connectivity index (χ2n) is 10.2. The van der Waals surface area contributed by atoms with Gasteiger partial charge < -0.3 is 24.6 Å². The van der Waals surface area contributed by atoms with Crippen LogP contribution in [-0.2, 0) is 11.2 Å². The first-order valence-electron chi connectivity index (χ1n) is 13.5. The minimum atomic E-state index is 0.0635. The Balaban J connectivity index is 1.76. The summed E-state index contributed by atoms with van der Waals surface area (Å²) in [6, 6.07) is 13.1. The third kappa shape index (κ3) is 6.27. The minimum absolute atomic E-state index is 0.0635. The van der Waals surface area contributed by atoms with E-state index in [2.05, 4.69) is 65.5 Å². The molecule has 1 saturated heterocycles. The van der Waals surface area contributed by atoms with Crippen molar-refractivity contribution in [2.75, 3.05) is 59.4 Å². The van der Waals surface area contributed by atoms with Crippen molar-refractivity contribution in [2.45, 2.75) is 45.1 Å². The standard InChI is InChI=1S/C30H42N4O3/c1-6-7-22-18-23-19-27(36-4)28(37-5)20-25(23)30(32-26(22)12-13-29(35)31-2)21-8-10-24(11-9-21)34-16-14-33(3)15-17-34/h8-11,19-20,22,26H,6-7,12-18H2,1-5H3,(H,31,35)/t22-,26?/m0/s1. The number of carbonyl (C=O) groups is 1. The van der Waals surface area contributed by atoms with Crippen molar-refractivity contribution in [3.63, 3.8) is 0 Å². The summed E-state index contributed by atoms with van der Waals surface area (Å²) >= 11 is 0. The number of hydrogen-bond donors (Lipinski definition) is 1. The topological polar surface area (TPSA) is 66.4 Å².